The van der Waals surface area contributed by atoms with Crippen LogP contribution in [0, 0.1) is 0 Å². The number of nitrogens with one attached hydrogen (secondary N) is 2. The number of para-hydroxylation sites is 3. The number of benzene rings is 4. The van der Waals surface area contributed by atoms with E-state index in [-0.39, 0.29) is 11.6 Å². The summed E-state index contributed by atoms with van der Waals surface area (Å²) in [5, 5.41) is 12.0. The Labute approximate surface area is 241 Å². The van der Waals surface area contributed by atoms with Gasteiger partial charge in [0.15, 0.2) is 5.11 Å². The Hall–Kier alpha value is -4.46. The van der Waals surface area contributed by atoms with Crippen molar-refractivity contribution in [3.8, 4) is 16.9 Å². The first-order valence-corrected chi connectivity index (χ1v) is 13.6. The van der Waals surface area contributed by atoms with Gasteiger partial charge in [0.2, 0.25) is 0 Å². The number of hydrogen-bond donors (Lipinski definition) is 2. The van der Waals surface area contributed by atoms with E-state index in [9.17, 15) is 4.79 Å². The molecule has 4 aromatic carbocycles. The van der Waals surface area contributed by atoms with Crippen LogP contribution < -0.4 is 15.6 Å². The van der Waals surface area contributed by atoms with Crippen LogP contribution in [-0.4, -0.2) is 27.9 Å². The highest BCUT2D eigenvalue weighted by Crippen LogP contribution is 2.40. The summed E-state index contributed by atoms with van der Waals surface area (Å²) in [7, 11) is 1.65. The average Bonchev–Trinajstić information content (AvgIpc) is 3.42. The number of nitrogens with zero attached hydrogens (tertiary/aromatic N) is 2. The number of H-pyrrole nitrogens is 1. The summed E-state index contributed by atoms with van der Waals surface area (Å²) in [5.41, 5.74) is 5.12. The number of halogens is 1. The topological polar surface area (TPSA) is 69.7 Å². The van der Waals surface area contributed by atoms with Crippen LogP contribution in [0.3, 0.4) is 0 Å². The normalized spacial score (nSPS) is 14.7. The first-order chi connectivity index (χ1) is 19.5. The lowest BCUT2D eigenvalue weighted by Gasteiger charge is -2.26. The van der Waals surface area contributed by atoms with E-state index in [1.54, 1.807) is 12.1 Å². The third-order valence-corrected chi connectivity index (χ3v) is 7.53. The van der Waals surface area contributed by atoms with Crippen molar-refractivity contribution in [3.63, 3.8) is 0 Å². The van der Waals surface area contributed by atoms with Crippen molar-refractivity contribution in [2.45, 2.75) is 12.5 Å². The van der Waals surface area contributed by atoms with Crippen LogP contribution in [0.25, 0.3) is 22.0 Å². The van der Waals surface area contributed by atoms with Crippen molar-refractivity contribution >= 4 is 51.2 Å². The number of methoxy groups -OCH3 is 1. The standard InChI is InChI=1S/C32H25ClN4O2S/c1-39-28-14-8-6-12-24(28)27-19-26(36-37(27)32(40)34-22-9-3-2-4-10-22)30-29(20-15-17-21(33)18-16-20)23-11-5-7-13-25(23)35-31(30)38/h2-18,27H,19H2,1H3,(H,34,40)(H,35,38)/t27-/m0/s1. The molecule has 0 spiro atoms. The van der Waals surface area contributed by atoms with Gasteiger partial charge in [-0.3, -0.25) is 4.79 Å². The number of hydrazone groups is 1. The molecule has 0 fully saturated rings. The van der Waals surface area contributed by atoms with Crippen LogP contribution in [0.5, 0.6) is 5.75 Å². The molecular formula is C32H25ClN4O2S. The molecule has 0 unspecified atom stereocenters. The number of hydrogen-bond acceptors (Lipinski definition) is 4. The number of aromatic nitrogens is 1. The molecular weight excluding hydrogens is 540 g/mol. The van der Waals surface area contributed by atoms with Gasteiger partial charge < -0.3 is 15.0 Å². The smallest absolute Gasteiger partial charge is 0.258 e. The lowest BCUT2D eigenvalue weighted by Crippen LogP contribution is -2.31. The highest BCUT2D eigenvalue weighted by molar-refractivity contribution is 7.80. The molecule has 0 radical (unpaired) electrons. The predicted octanol–water partition coefficient (Wildman–Crippen LogP) is 7.41. The molecule has 0 bridgehead atoms. The van der Waals surface area contributed by atoms with Crippen molar-refractivity contribution < 1.29 is 4.74 Å². The van der Waals surface area contributed by atoms with Gasteiger partial charge in [0.1, 0.15) is 5.75 Å². The molecule has 0 amide bonds. The summed E-state index contributed by atoms with van der Waals surface area (Å²) in [6, 6.07) is 32.5. The maximum absolute atomic E-state index is 13.8. The molecule has 1 atom stereocenters. The SMILES string of the molecule is COc1ccccc1[C@@H]1CC(c2c(-c3ccc(Cl)cc3)c3ccccc3[nH]c2=O)=NN1C(=S)Nc1ccccc1. The van der Waals surface area contributed by atoms with Gasteiger partial charge in [-0.2, -0.15) is 5.10 Å². The summed E-state index contributed by atoms with van der Waals surface area (Å²) in [6.07, 6.45) is 0.443. The van der Waals surface area contributed by atoms with Gasteiger partial charge in [0.25, 0.3) is 5.56 Å². The lowest BCUT2D eigenvalue weighted by molar-refractivity contribution is 0.350. The molecule has 6 rings (SSSR count). The number of pyridine rings is 1. The van der Waals surface area contributed by atoms with E-state index < -0.39 is 0 Å². The van der Waals surface area contributed by atoms with Crippen LogP contribution in [0.2, 0.25) is 5.02 Å². The maximum Gasteiger partial charge on any atom is 0.258 e. The summed E-state index contributed by atoms with van der Waals surface area (Å²) in [5.74, 6) is 0.724. The van der Waals surface area contributed by atoms with Crippen molar-refractivity contribution in [1.29, 1.82) is 0 Å². The molecule has 5 aromatic rings. The summed E-state index contributed by atoms with van der Waals surface area (Å²) in [6.45, 7) is 0. The Morgan fingerprint density at radius 2 is 1.65 bits per heavy atom. The number of anilines is 1. The molecule has 198 valence electrons. The number of fused-ring (bicyclic) bond motifs is 1. The Morgan fingerprint density at radius 3 is 2.42 bits per heavy atom. The molecule has 8 heteroatoms. The van der Waals surface area contributed by atoms with Crippen molar-refractivity contribution in [3.05, 3.63) is 130 Å². The second-order valence-electron chi connectivity index (χ2n) is 9.41. The van der Waals surface area contributed by atoms with Gasteiger partial charge >= 0.3 is 0 Å². The van der Waals surface area contributed by atoms with E-state index in [2.05, 4.69) is 10.3 Å². The van der Waals surface area contributed by atoms with Gasteiger partial charge in [-0.1, -0.05) is 78.3 Å². The van der Waals surface area contributed by atoms with E-state index >= 15 is 0 Å². The van der Waals surface area contributed by atoms with Crippen LogP contribution in [0.15, 0.2) is 113 Å². The fourth-order valence-corrected chi connectivity index (χ4v) is 5.58. The van der Waals surface area contributed by atoms with Crippen LogP contribution in [0.4, 0.5) is 5.69 Å². The molecule has 2 N–H and O–H groups in total. The highest BCUT2D eigenvalue weighted by Gasteiger charge is 2.35. The van der Waals surface area contributed by atoms with Gasteiger partial charge in [0, 0.05) is 39.2 Å². The number of ether oxygens (including phenoxy) is 1. The zero-order valence-corrected chi connectivity index (χ0v) is 23.2. The van der Waals surface area contributed by atoms with E-state index in [0.29, 0.717) is 27.8 Å². The first-order valence-electron chi connectivity index (χ1n) is 12.8. The Morgan fingerprint density at radius 1 is 0.950 bits per heavy atom. The largest absolute Gasteiger partial charge is 0.496 e. The lowest BCUT2D eigenvalue weighted by atomic mass is 9.91. The molecule has 1 aliphatic heterocycles. The number of rotatable bonds is 5. The van der Waals surface area contributed by atoms with Crippen molar-refractivity contribution in [2.75, 3.05) is 12.4 Å². The monoisotopic (exact) mass is 564 g/mol. The van der Waals surface area contributed by atoms with Crippen molar-refractivity contribution in [1.82, 2.24) is 9.99 Å². The zero-order chi connectivity index (χ0) is 27.6. The zero-order valence-electron chi connectivity index (χ0n) is 21.6. The van der Waals surface area contributed by atoms with Crippen LogP contribution in [0.1, 0.15) is 23.6 Å². The summed E-state index contributed by atoms with van der Waals surface area (Å²) >= 11 is 12.1. The van der Waals surface area contributed by atoms with Crippen LogP contribution >= 0.6 is 23.8 Å². The minimum atomic E-state index is -0.293. The van der Waals surface area contributed by atoms with Gasteiger partial charge in [-0.15, -0.1) is 0 Å². The van der Waals surface area contributed by atoms with Gasteiger partial charge in [-0.25, -0.2) is 5.01 Å². The van der Waals surface area contributed by atoms with E-state index in [0.717, 1.165) is 39.0 Å². The second kappa shape index (κ2) is 11.0. The Balaban J connectivity index is 1.53. The quantitative estimate of drug-likeness (QED) is 0.218. The molecule has 0 saturated carbocycles. The van der Waals surface area contributed by atoms with Gasteiger partial charge in [0.05, 0.1) is 24.4 Å². The van der Waals surface area contributed by atoms with Crippen molar-refractivity contribution in [2.24, 2.45) is 5.10 Å². The van der Waals surface area contributed by atoms with E-state index in [1.807, 2.05) is 103 Å². The van der Waals surface area contributed by atoms with Crippen LogP contribution in [-0.2, 0) is 0 Å². The van der Waals surface area contributed by atoms with Gasteiger partial charge in [-0.05, 0) is 54.2 Å². The Kier molecular flexibility index (Phi) is 7.07. The molecule has 40 heavy (non-hydrogen) atoms. The fraction of sp³-hybridized carbons (Fsp3) is 0.0938. The number of thiocarbonyl (C=S) groups is 1. The molecule has 0 saturated heterocycles. The fourth-order valence-electron chi connectivity index (χ4n) is 5.17. The second-order valence-corrected chi connectivity index (χ2v) is 10.2. The highest BCUT2D eigenvalue weighted by atomic mass is 35.5. The summed E-state index contributed by atoms with van der Waals surface area (Å²) < 4.78 is 5.71. The molecule has 0 aliphatic carbocycles. The molecule has 1 aromatic heterocycles. The summed E-state index contributed by atoms with van der Waals surface area (Å²) in [4.78, 5) is 16.8. The minimum absolute atomic E-state index is 0.218. The minimum Gasteiger partial charge on any atom is -0.496 e. The maximum atomic E-state index is 13.8. The number of aromatic amines is 1. The molecule has 1 aliphatic rings. The Bertz CT molecular complexity index is 1800. The molecule has 2 heterocycles. The first kappa shape index (κ1) is 25.8. The van der Waals surface area contributed by atoms with E-state index in [4.69, 9.17) is 33.7 Å². The third-order valence-electron chi connectivity index (χ3n) is 6.98. The predicted molar refractivity (Wildman–Crippen MR) is 166 cm³/mol. The average molecular weight is 565 g/mol. The van der Waals surface area contributed by atoms with E-state index in [1.165, 1.54) is 0 Å². The third kappa shape index (κ3) is 4.85. The molecule has 6 nitrogen and oxygen atoms in total.